The fourth-order valence-corrected chi connectivity index (χ4v) is 1.09. The van der Waals surface area contributed by atoms with Crippen LogP contribution in [-0.4, -0.2) is 18.3 Å². The van der Waals surface area contributed by atoms with Crippen LogP contribution in [0.4, 0.5) is 8.78 Å². The second-order valence-corrected chi connectivity index (χ2v) is 2.75. The van der Waals surface area contributed by atoms with Gasteiger partial charge in [-0.15, -0.1) is 0 Å². The van der Waals surface area contributed by atoms with Gasteiger partial charge < -0.3 is 9.84 Å². The van der Waals surface area contributed by atoms with Crippen LogP contribution in [0, 0.1) is 23.0 Å². The summed E-state index contributed by atoms with van der Waals surface area (Å²) in [5, 5.41) is 17.2. The van der Waals surface area contributed by atoms with Crippen molar-refractivity contribution in [2.45, 2.75) is 6.10 Å². The van der Waals surface area contributed by atoms with Gasteiger partial charge >= 0.3 is 0 Å². The molecule has 0 aliphatic carbocycles. The van der Waals surface area contributed by atoms with Gasteiger partial charge in [0, 0.05) is 5.56 Å². The quantitative estimate of drug-likeness (QED) is 0.825. The third-order valence-electron chi connectivity index (χ3n) is 1.76. The summed E-state index contributed by atoms with van der Waals surface area (Å²) >= 11 is 0. The molecule has 15 heavy (non-hydrogen) atoms. The summed E-state index contributed by atoms with van der Waals surface area (Å²) in [6.45, 7) is -0.386. The van der Waals surface area contributed by atoms with Crippen LogP contribution < -0.4 is 0 Å². The molecule has 1 aromatic carbocycles. The van der Waals surface area contributed by atoms with E-state index in [-0.39, 0.29) is 18.8 Å². The molecule has 0 heterocycles. The van der Waals surface area contributed by atoms with E-state index in [0.29, 0.717) is 0 Å². The van der Waals surface area contributed by atoms with Crippen LogP contribution in [0.25, 0.3) is 0 Å². The largest absolute Gasteiger partial charge is 0.394 e. The predicted molar refractivity (Wildman–Crippen MR) is 47.7 cm³/mol. The van der Waals surface area contributed by atoms with Crippen molar-refractivity contribution in [3.05, 3.63) is 35.4 Å². The first-order valence-corrected chi connectivity index (χ1v) is 4.26. The van der Waals surface area contributed by atoms with Gasteiger partial charge in [0.2, 0.25) is 0 Å². The van der Waals surface area contributed by atoms with Crippen LogP contribution in [0.5, 0.6) is 0 Å². The van der Waals surface area contributed by atoms with Crippen LogP contribution >= 0.6 is 0 Å². The maximum Gasteiger partial charge on any atom is 0.172 e. The molecule has 3 nitrogen and oxygen atoms in total. The van der Waals surface area contributed by atoms with Crippen molar-refractivity contribution in [3.63, 3.8) is 0 Å². The minimum atomic E-state index is -1.20. The third-order valence-corrected chi connectivity index (χ3v) is 1.76. The van der Waals surface area contributed by atoms with E-state index >= 15 is 0 Å². The summed E-state index contributed by atoms with van der Waals surface area (Å²) in [6.07, 6.45) is -1.20. The molecular weight excluding hydrogens is 204 g/mol. The first-order valence-electron chi connectivity index (χ1n) is 4.26. The molecular formula is C10H9F2NO2. The normalized spacial score (nSPS) is 12.1. The fourth-order valence-electron chi connectivity index (χ4n) is 1.09. The lowest BCUT2D eigenvalue weighted by Gasteiger charge is -2.10. The number of hydrogen-bond donors (Lipinski definition) is 1. The first kappa shape index (κ1) is 11.6. The van der Waals surface area contributed by atoms with Crippen LogP contribution in [-0.2, 0) is 4.74 Å². The minimum Gasteiger partial charge on any atom is -0.394 e. The van der Waals surface area contributed by atoms with E-state index in [9.17, 15) is 8.78 Å². The standard InChI is InChI=1S/C10H9F2NO2/c11-8-3-1-2-7(10(8)12)9(6-13)15-5-4-14/h1-3,9,14H,4-5H2. The lowest BCUT2D eigenvalue weighted by atomic mass is 10.1. The number of aliphatic hydroxyl groups excluding tert-OH is 1. The molecule has 80 valence electrons. The van der Waals surface area contributed by atoms with Crippen molar-refractivity contribution < 1.29 is 18.6 Å². The van der Waals surface area contributed by atoms with E-state index in [0.717, 1.165) is 6.07 Å². The van der Waals surface area contributed by atoms with Crippen molar-refractivity contribution in [3.8, 4) is 6.07 Å². The Morgan fingerprint density at radius 1 is 1.47 bits per heavy atom. The molecule has 0 fully saturated rings. The van der Waals surface area contributed by atoms with E-state index in [1.807, 2.05) is 0 Å². The molecule has 0 amide bonds. The van der Waals surface area contributed by atoms with Crippen molar-refractivity contribution >= 4 is 0 Å². The van der Waals surface area contributed by atoms with Gasteiger partial charge in [-0.1, -0.05) is 12.1 Å². The molecule has 0 saturated carbocycles. The molecule has 0 aromatic heterocycles. The number of ether oxygens (including phenoxy) is 1. The molecule has 1 unspecified atom stereocenters. The molecule has 5 heteroatoms. The van der Waals surface area contributed by atoms with Crippen LogP contribution in [0.15, 0.2) is 18.2 Å². The van der Waals surface area contributed by atoms with Crippen molar-refractivity contribution in [2.24, 2.45) is 0 Å². The average Bonchev–Trinajstić information content (AvgIpc) is 2.25. The molecule has 0 saturated heterocycles. The van der Waals surface area contributed by atoms with Gasteiger partial charge in [-0.2, -0.15) is 5.26 Å². The van der Waals surface area contributed by atoms with Crippen LogP contribution in [0.1, 0.15) is 11.7 Å². The Kier molecular flexibility index (Phi) is 4.16. The summed E-state index contributed by atoms with van der Waals surface area (Å²) in [5.41, 5.74) is -0.161. The number of aliphatic hydroxyl groups is 1. The third kappa shape index (κ3) is 2.72. The Morgan fingerprint density at radius 3 is 2.80 bits per heavy atom. The smallest absolute Gasteiger partial charge is 0.172 e. The minimum absolute atomic E-state index is 0.103. The molecule has 0 aliphatic rings. The van der Waals surface area contributed by atoms with Gasteiger partial charge in [-0.25, -0.2) is 8.78 Å². The van der Waals surface area contributed by atoms with Crippen molar-refractivity contribution in [2.75, 3.05) is 13.2 Å². The van der Waals surface area contributed by atoms with Gasteiger partial charge in [0.25, 0.3) is 0 Å². The SMILES string of the molecule is N#CC(OCCO)c1cccc(F)c1F. The molecule has 1 aromatic rings. The highest BCUT2D eigenvalue weighted by Gasteiger charge is 2.17. The maximum atomic E-state index is 13.2. The predicted octanol–water partition coefficient (Wildman–Crippen LogP) is 1.54. The van der Waals surface area contributed by atoms with Crippen molar-refractivity contribution in [1.29, 1.82) is 5.26 Å². The summed E-state index contributed by atoms with van der Waals surface area (Å²) in [4.78, 5) is 0. The van der Waals surface area contributed by atoms with E-state index in [2.05, 4.69) is 0 Å². The molecule has 0 aliphatic heterocycles. The van der Waals surface area contributed by atoms with E-state index in [1.54, 1.807) is 6.07 Å². The van der Waals surface area contributed by atoms with Crippen LogP contribution in [0.2, 0.25) is 0 Å². The Balaban J connectivity index is 2.93. The van der Waals surface area contributed by atoms with Gasteiger partial charge in [-0.3, -0.25) is 0 Å². The fraction of sp³-hybridized carbons (Fsp3) is 0.300. The number of nitrogens with zero attached hydrogens (tertiary/aromatic N) is 1. The number of benzene rings is 1. The summed E-state index contributed by atoms with van der Waals surface area (Å²) < 4.78 is 30.9. The summed E-state index contributed by atoms with van der Waals surface area (Å²) in [6, 6.07) is 5.20. The highest BCUT2D eigenvalue weighted by molar-refractivity contribution is 5.25. The van der Waals surface area contributed by atoms with Gasteiger partial charge in [-0.05, 0) is 6.07 Å². The Labute approximate surface area is 85.5 Å². The van der Waals surface area contributed by atoms with E-state index in [4.69, 9.17) is 15.1 Å². The highest BCUT2D eigenvalue weighted by atomic mass is 19.2. The zero-order chi connectivity index (χ0) is 11.3. The summed E-state index contributed by atoms with van der Waals surface area (Å²) in [7, 11) is 0. The van der Waals surface area contributed by atoms with Gasteiger partial charge in [0.05, 0.1) is 19.3 Å². The first-order chi connectivity index (χ1) is 7.20. The van der Waals surface area contributed by atoms with Gasteiger partial charge in [0.15, 0.2) is 17.7 Å². The Hall–Kier alpha value is -1.51. The monoisotopic (exact) mass is 213 g/mol. The van der Waals surface area contributed by atoms with Crippen molar-refractivity contribution in [1.82, 2.24) is 0 Å². The Bertz CT molecular complexity index is 376. The van der Waals surface area contributed by atoms with E-state index in [1.165, 1.54) is 12.1 Å². The van der Waals surface area contributed by atoms with Gasteiger partial charge in [0.1, 0.15) is 0 Å². The number of hydrogen-bond acceptors (Lipinski definition) is 3. The average molecular weight is 213 g/mol. The topological polar surface area (TPSA) is 53.2 Å². The molecule has 1 N–H and O–H groups in total. The number of rotatable bonds is 4. The molecule has 0 spiro atoms. The van der Waals surface area contributed by atoms with Crippen LogP contribution in [0.3, 0.4) is 0 Å². The lowest BCUT2D eigenvalue weighted by molar-refractivity contribution is 0.0560. The second kappa shape index (κ2) is 5.39. The molecule has 1 rings (SSSR count). The maximum absolute atomic E-state index is 13.2. The number of nitriles is 1. The molecule has 0 radical (unpaired) electrons. The summed E-state index contributed by atoms with van der Waals surface area (Å²) in [5.74, 6) is -2.12. The highest BCUT2D eigenvalue weighted by Crippen LogP contribution is 2.21. The molecule has 0 bridgehead atoms. The van der Waals surface area contributed by atoms with E-state index < -0.39 is 17.7 Å². The Morgan fingerprint density at radius 2 is 2.20 bits per heavy atom. The zero-order valence-electron chi connectivity index (χ0n) is 7.78. The lowest BCUT2D eigenvalue weighted by Crippen LogP contribution is -2.08. The number of halogens is 2. The molecule has 1 atom stereocenters. The second-order valence-electron chi connectivity index (χ2n) is 2.75. The zero-order valence-corrected chi connectivity index (χ0v) is 7.78.